The van der Waals surface area contributed by atoms with E-state index in [4.69, 9.17) is 4.74 Å². The van der Waals surface area contributed by atoms with Crippen molar-refractivity contribution in [2.75, 3.05) is 13.2 Å². The van der Waals surface area contributed by atoms with Crippen molar-refractivity contribution >= 4 is 23.2 Å². The quantitative estimate of drug-likeness (QED) is 0.470. The summed E-state index contributed by atoms with van der Waals surface area (Å²) in [5.41, 5.74) is 2.73. The van der Waals surface area contributed by atoms with Gasteiger partial charge < -0.3 is 10.1 Å². The van der Waals surface area contributed by atoms with Crippen LogP contribution in [0.5, 0.6) is 0 Å². The summed E-state index contributed by atoms with van der Waals surface area (Å²) in [6, 6.07) is 1.96. The van der Waals surface area contributed by atoms with Gasteiger partial charge in [0.05, 0.1) is 0 Å². The zero-order chi connectivity index (χ0) is 17.5. The zero-order valence-corrected chi connectivity index (χ0v) is 15.6. The molecule has 0 atom stereocenters. The highest BCUT2D eigenvalue weighted by Gasteiger charge is 2.18. The summed E-state index contributed by atoms with van der Waals surface area (Å²) >= 11 is 1.53. The van der Waals surface area contributed by atoms with Gasteiger partial charge in [-0.05, 0) is 69.4 Å². The first-order valence-corrected chi connectivity index (χ1v) is 10.3. The van der Waals surface area contributed by atoms with Crippen LogP contribution in [-0.4, -0.2) is 25.0 Å². The van der Waals surface area contributed by atoms with E-state index in [1.54, 1.807) is 0 Å². The number of carbonyl (C=O) groups excluding carboxylic acids is 2. The van der Waals surface area contributed by atoms with Crippen LogP contribution in [0.2, 0.25) is 0 Å². The number of allylic oxidation sites excluding steroid dienone is 1. The Morgan fingerprint density at radius 2 is 1.92 bits per heavy atom. The number of esters is 1. The number of nitrogens with one attached hydrogen (secondary N) is 1. The molecule has 1 aromatic rings. The van der Waals surface area contributed by atoms with E-state index >= 15 is 0 Å². The summed E-state index contributed by atoms with van der Waals surface area (Å²) in [4.78, 5) is 26.0. The van der Waals surface area contributed by atoms with E-state index < -0.39 is 0 Å². The minimum Gasteiger partial charge on any atom is -0.451 e. The molecule has 1 heterocycles. The fraction of sp³-hybridized carbons (Fsp3) is 0.600. The number of aryl methyl sites for hydroxylation is 2. The number of thiophene rings is 1. The summed E-state index contributed by atoms with van der Waals surface area (Å²) in [7, 11) is 0. The summed E-state index contributed by atoms with van der Waals surface area (Å²) in [5, 5.41) is 2.84. The first-order chi connectivity index (χ1) is 12.2. The molecule has 0 radical (unpaired) electrons. The molecule has 2 aliphatic carbocycles. The highest BCUT2D eigenvalue weighted by molar-refractivity contribution is 7.14. The number of rotatable bonds is 6. The molecule has 0 aliphatic heterocycles. The van der Waals surface area contributed by atoms with Gasteiger partial charge in [0.25, 0.3) is 5.91 Å². The van der Waals surface area contributed by atoms with Crippen molar-refractivity contribution in [1.82, 2.24) is 5.32 Å². The van der Waals surface area contributed by atoms with Crippen LogP contribution in [0.1, 0.15) is 71.5 Å². The van der Waals surface area contributed by atoms with Crippen LogP contribution < -0.4 is 5.32 Å². The molecular formula is C20H27NO3S. The topological polar surface area (TPSA) is 55.4 Å². The second-order valence-corrected chi connectivity index (χ2v) is 8.04. The van der Waals surface area contributed by atoms with Crippen LogP contribution >= 0.6 is 11.3 Å². The number of amides is 1. The van der Waals surface area contributed by atoms with Crippen molar-refractivity contribution in [3.8, 4) is 0 Å². The third-order valence-electron chi connectivity index (χ3n) is 4.94. The average molecular weight is 362 g/mol. The Balaban J connectivity index is 1.39. The molecule has 136 valence electrons. The van der Waals surface area contributed by atoms with Crippen LogP contribution in [0.25, 0.3) is 0 Å². The summed E-state index contributed by atoms with van der Waals surface area (Å²) < 4.78 is 5.19. The van der Waals surface area contributed by atoms with Crippen LogP contribution in [0.15, 0.2) is 17.7 Å². The molecule has 0 aromatic carbocycles. The van der Waals surface area contributed by atoms with E-state index in [1.807, 2.05) is 6.07 Å². The molecule has 25 heavy (non-hydrogen) atoms. The average Bonchev–Trinajstić information content (AvgIpc) is 2.91. The normalized spacial score (nSPS) is 17.2. The van der Waals surface area contributed by atoms with Gasteiger partial charge in [0.1, 0.15) is 4.88 Å². The highest BCUT2D eigenvalue weighted by Crippen LogP contribution is 2.29. The number of hydrogen-bond donors (Lipinski definition) is 1. The van der Waals surface area contributed by atoms with Crippen molar-refractivity contribution in [3.63, 3.8) is 0 Å². The molecule has 2 aliphatic rings. The van der Waals surface area contributed by atoms with Crippen LogP contribution in [0, 0.1) is 0 Å². The van der Waals surface area contributed by atoms with E-state index in [-0.39, 0.29) is 18.5 Å². The smallest absolute Gasteiger partial charge is 0.348 e. The lowest BCUT2D eigenvalue weighted by molar-refractivity contribution is -0.124. The Hall–Kier alpha value is -1.62. The zero-order valence-electron chi connectivity index (χ0n) is 14.8. The predicted octanol–water partition coefficient (Wildman–Crippen LogP) is 4.18. The van der Waals surface area contributed by atoms with Gasteiger partial charge in [-0.15, -0.1) is 11.3 Å². The fourth-order valence-electron chi connectivity index (χ4n) is 3.52. The lowest BCUT2D eigenvalue weighted by atomic mass is 9.97. The van der Waals surface area contributed by atoms with Crippen molar-refractivity contribution in [2.24, 2.45) is 0 Å². The predicted molar refractivity (Wildman–Crippen MR) is 100 cm³/mol. The van der Waals surface area contributed by atoms with Crippen molar-refractivity contribution < 1.29 is 14.3 Å². The molecule has 1 aromatic heterocycles. The summed E-state index contributed by atoms with van der Waals surface area (Å²) in [5.74, 6) is -0.592. The van der Waals surface area contributed by atoms with Gasteiger partial charge in [-0.2, -0.15) is 0 Å². The second-order valence-electron chi connectivity index (χ2n) is 6.90. The Labute approximate surface area is 153 Å². The molecule has 0 spiro atoms. The van der Waals surface area contributed by atoms with E-state index in [0.717, 1.165) is 32.1 Å². The molecule has 0 unspecified atom stereocenters. The van der Waals surface area contributed by atoms with E-state index in [0.29, 0.717) is 11.4 Å². The van der Waals surface area contributed by atoms with Gasteiger partial charge in [0.15, 0.2) is 6.61 Å². The Morgan fingerprint density at radius 1 is 1.08 bits per heavy atom. The van der Waals surface area contributed by atoms with E-state index in [2.05, 4.69) is 11.4 Å². The molecule has 1 N–H and O–H groups in total. The Kier molecular flexibility index (Phi) is 6.68. The lowest BCUT2D eigenvalue weighted by Crippen LogP contribution is -2.29. The van der Waals surface area contributed by atoms with Gasteiger partial charge >= 0.3 is 5.97 Å². The molecule has 5 heteroatoms. The Bertz CT molecular complexity index is 624. The van der Waals surface area contributed by atoms with Gasteiger partial charge in [-0.25, -0.2) is 4.79 Å². The first kappa shape index (κ1) is 18.2. The van der Waals surface area contributed by atoms with Gasteiger partial charge in [0.2, 0.25) is 0 Å². The summed E-state index contributed by atoms with van der Waals surface area (Å²) in [6.07, 6.45) is 13.8. The van der Waals surface area contributed by atoms with Crippen molar-refractivity contribution in [2.45, 2.75) is 64.2 Å². The number of hydrogen-bond acceptors (Lipinski definition) is 4. The van der Waals surface area contributed by atoms with Gasteiger partial charge in [-0.3, -0.25) is 4.79 Å². The minimum absolute atomic E-state index is 0.194. The standard InChI is InChI=1S/C20H27NO3S/c22-19(21-12-11-15-7-3-1-4-8-15)14-24-20(23)18-13-16-9-5-2-6-10-17(16)25-18/h7,13H,1-6,8-12,14H2,(H,21,22). The molecule has 0 saturated carbocycles. The second kappa shape index (κ2) is 9.18. The SMILES string of the molecule is O=C(COC(=O)c1cc2c(s1)CCCCC2)NCCC1=CCCCC1. The number of carbonyl (C=O) groups is 2. The van der Waals surface area contributed by atoms with Crippen molar-refractivity contribution in [1.29, 1.82) is 0 Å². The third kappa shape index (κ3) is 5.43. The molecule has 1 amide bonds. The maximum absolute atomic E-state index is 12.2. The molecule has 4 nitrogen and oxygen atoms in total. The van der Waals surface area contributed by atoms with Crippen LogP contribution in [-0.2, 0) is 22.4 Å². The number of ether oxygens (including phenoxy) is 1. The molecule has 0 saturated heterocycles. The molecule has 3 rings (SSSR count). The molecule has 0 bridgehead atoms. The largest absolute Gasteiger partial charge is 0.451 e. The fourth-order valence-corrected chi connectivity index (χ4v) is 4.66. The van der Waals surface area contributed by atoms with Crippen LogP contribution in [0.4, 0.5) is 0 Å². The summed E-state index contributed by atoms with van der Waals surface area (Å²) in [6.45, 7) is 0.427. The Morgan fingerprint density at radius 3 is 2.76 bits per heavy atom. The minimum atomic E-state index is -0.372. The third-order valence-corrected chi connectivity index (χ3v) is 6.15. The molecular weight excluding hydrogens is 334 g/mol. The van der Waals surface area contributed by atoms with Crippen LogP contribution in [0.3, 0.4) is 0 Å². The maximum atomic E-state index is 12.2. The van der Waals surface area contributed by atoms with Gasteiger partial charge in [-0.1, -0.05) is 18.1 Å². The van der Waals surface area contributed by atoms with Gasteiger partial charge in [0, 0.05) is 11.4 Å². The van der Waals surface area contributed by atoms with Crippen molar-refractivity contribution in [3.05, 3.63) is 33.0 Å². The number of fused-ring (bicyclic) bond motifs is 1. The maximum Gasteiger partial charge on any atom is 0.348 e. The molecule has 0 fully saturated rings. The lowest BCUT2D eigenvalue weighted by Gasteiger charge is -2.12. The van der Waals surface area contributed by atoms with E-state index in [9.17, 15) is 9.59 Å². The highest BCUT2D eigenvalue weighted by atomic mass is 32.1. The first-order valence-electron chi connectivity index (χ1n) is 9.45. The van der Waals surface area contributed by atoms with E-state index in [1.165, 1.54) is 59.5 Å². The monoisotopic (exact) mass is 361 g/mol.